The van der Waals surface area contributed by atoms with Crippen LogP contribution >= 0.6 is 0 Å². The number of hydrogen-bond acceptors (Lipinski definition) is 2. The molecule has 1 heterocycles. The van der Waals surface area contributed by atoms with E-state index in [0.29, 0.717) is 17.0 Å². The molecule has 0 bridgehead atoms. The van der Waals surface area contributed by atoms with Gasteiger partial charge in [-0.3, -0.25) is 4.79 Å². The minimum Gasteiger partial charge on any atom is -0.489 e. The van der Waals surface area contributed by atoms with E-state index in [-0.39, 0.29) is 18.4 Å². The summed E-state index contributed by atoms with van der Waals surface area (Å²) in [5, 5.41) is 3.74. The summed E-state index contributed by atoms with van der Waals surface area (Å²) in [6, 6.07) is 10.3. The van der Waals surface area contributed by atoms with Gasteiger partial charge in [0.1, 0.15) is 12.4 Å². The number of H-pyrrole nitrogens is 1. The van der Waals surface area contributed by atoms with Crippen molar-refractivity contribution in [3.05, 3.63) is 59.8 Å². The zero-order valence-electron chi connectivity index (χ0n) is 14.3. The Kier molecular flexibility index (Phi) is 4.30. The first-order valence-electron chi connectivity index (χ1n) is 8.61. The number of aromatic nitrogens is 1. The van der Waals surface area contributed by atoms with Gasteiger partial charge < -0.3 is 15.0 Å². The van der Waals surface area contributed by atoms with Gasteiger partial charge in [0, 0.05) is 23.0 Å². The maximum absolute atomic E-state index is 12.6. The van der Waals surface area contributed by atoms with E-state index in [1.54, 1.807) is 18.3 Å². The topological polar surface area (TPSA) is 54.1 Å². The number of alkyl halides is 3. The van der Waals surface area contributed by atoms with Gasteiger partial charge >= 0.3 is 6.18 Å². The molecule has 4 rings (SSSR count). The van der Waals surface area contributed by atoms with Crippen molar-refractivity contribution in [1.29, 1.82) is 0 Å². The molecule has 140 valence electrons. The second-order valence-electron chi connectivity index (χ2n) is 6.66. The molecule has 1 aliphatic carbocycles. The van der Waals surface area contributed by atoms with E-state index in [1.165, 1.54) is 12.1 Å². The third-order valence-corrected chi connectivity index (χ3v) is 4.55. The van der Waals surface area contributed by atoms with E-state index < -0.39 is 11.7 Å². The second kappa shape index (κ2) is 6.64. The van der Waals surface area contributed by atoms with Crippen LogP contribution < -0.4 is 10.1 Å². The number of carbonyl (C=O) groups is 1. The van der Waals surface area contributed by atoms with Crippen LogP contribution in [0.25, 0.3) is 10.9 Å². The van der Waals surface area contributed by atoms with Crippen LogP contribution in [0.5, 0.6) is 5.75 Å². The summed E-state index contributed by atoms with van der Waals surface area (Å²) < 4.78 is 43.5. The molecule has 3 aromatic rings. The number of carbonyl (C=O) groups excluding carboxylic acids is 1. The van der Waals surface area contributed by atoms with Crippen LogP contribution in [0.4, 0.5) is 18.9 Å². The summed E-state index contributed by atoms with van der Waals surface area (Å²) in [4.78, 5) is 15.1. The Morgan fingerprint density at radius 3 is 2.56 bits per heavy atom. The lowest BCUT2D eigenvalue weighted by molar-refractivity contribution is -0.137. The largest absolute Gasteiger partial charge is 0.489 e. The third-order valence-electron chi connectivity index (χ3n) is 4.55. The molecule has 1 aliphatic rings. The maximum Gasteiger partial charge on any atom is 0.416 e. The van der Waals surface area contributed by atoms with E-state index in [2.05, 4.69) is 10.3 Å². The van der Waals surface area contributed by atoms with Crippen molar-refractivity contribution in [3.8, 4) is 5.75 Å². The number of rotatable bonds is 5. The number of halogens is 3. The number of anilines is 1. The SMILES string of the molecule is O=C(Nc1c[nH]c2ccc(OCc3ccc(C(F)(F)F)cc3)cc12)C1CC1. The molecule has 4 nitrogen and oxygen atoms in total. The molecule has 0 radical (unpaired) electrons. The average molecular weight is 374 g/mol. The van der Waals surface area contributed by atoms with Crippen molar-refractivity contribution in [3.63, 3.8) is 0 Å². The minimum atomic E-state index is -4.35. The van der Waals surface area contributed by atoms with Gasteiger partial charge in [0.25, 0.3) is 0 Å². The van der Waals surface area contributed by atoms with Gasteiger partial charge in [0.15, 0.2) is 0 Å². The number of nitrogens with one attached hydrogen (secondary N) is 2. The van der Waals surface area contributed by atoms with Crippen LogP contribution in [0.1, 0.15) is 24.0 Å². The third kappa shape index (κ3) is 3.92. The highest BCUT2D eigenvalue weighted by molar-refractivity contribution is 6.03. The molecule has 0 saturated heterocycles. The van der Waals surface area contributed by atoms with Gasteiger partial charge in [0.05, 0.1) is 11.3 Å². The highest BCUT2D eigenvalue weighted by Gasteiger charge is 2.30. The number of fused-ring (bicyclic) bond motifs is 1. The standard InChI is InChI=1S/C20H17F3N2O2/c21-20(22,23)14-5-1-12(2-6-14)11-27-15-7-8-17-16(9-15)18(10-24-17)25-19(26)13-3-4-13/h1-2,5-10,13,24H,3-4,11H2,(H,25,26). The Morgan fingerprint density at radius 2 is 1.89 bits per heavy atom. The number of aromatic amines is 1. The van der Waals surface area contributed by atoms with Gasteiger partial charge in [-0.15, -0.1) is 0 Å². The first-order valence-corrected chi connectivity index (χ1v) is 8.61. The molecule has 0 atom stereocenters. The van der Waals surface area contributed by atoms with Crippen LogP contribution in [0.15, 0.2) is 48.7 Å². The fourth-order valence-corrected chi connectivity index (χ4v) is 2.83. The molecule has 0 spiro atoms. The summed E-state index contributed by atoms with van der Waals surface area (Å²) in [6.07, 6.45) is -0.754. The first kappa shape index (κ1) is 17.5. The number of hydrogen-bond donors (Lipinski definition) is 2. The van der Waals surface area contributed by atoms with Gasteiger partial charge in [-0.05, 0) is 48.7 Å². The minimum absolute atomic E-state index is 0.0203. The fourth-order valence-electron chi connectivity index (χ4n) is 2.83. The van der Waals surface area contributed by atoms with E-state index in [0.717, 1.165) is 35.9 Å². The Hall–Kier alpha value is -2.96. The lowest BCUT2D eigenvalue weighted by atomic mass is 10.1. The van der Waals surface area contributed by atoms with E-state index >= 15 is 0 Å². The van der Waals surface area contributed by atoms with E-state index in [9.17, 15) is 18.0 Å². The predicted octanol–water partition coefficient (Wildman–Crippen LogP) is 5.11. The first-order chi connectivity index (χ1) is 12.9. The van der Waals surface area contributed by atoms with Gasteiger partial charge in [0.2, 0.25) is 5.91 Å². The van der Waals surface area contributed by atoms with Crippen molar-refractivity contribution in [1.82, 2.24) is 4.98 Å². The Balaban J connectivity index is 1.46. The van der Waals surface area contributed by atoms with Crippen LogP contribution in [0.2, 0.25) is 0 Å². The number of ether oxygens (including phenoxy) is 1. The van der Waals surface area contributed by atoms with Gasteiger partial charge in [-0.1, -0.05) is 12.1 Å². The number of benzene rings is 2. The molecular formula is C20H17F3N2O2. The lowest BCUT2D eigenvalue weighted by Crippen LogP contribution is -2.12. The zero-order chi connectivity index (χ0) is 19.0. The van der Waals surface area contributed by atoms with E-state index in [1.807, 2.05) is 6.07 Å². The van der Waals surface area contributed by atoms with E-state index in [4.69, 9.17) is 4.74 Å². The van der Waals surface area contributed by atoms with Crippen LogP contribution in [0, 0.1) is 5.92 Å². The average Bonchev–Trinajstić information content (AvgIpc) is 3.42. The summed E-state index contributed by atoms with van der Waals surface area (Å²) in [7, 11) is 0. The van der Waals surface area contributed by atoms with Crippen molar-refractivity contribution in [2.75, 3.05) is 5.32 Å². The summed E-state index contributed by atoms with van der Waals surface area (Å²) >= 11 is 0. The van der Waals surface area contributed by atoms with Crippen LogP contribution in [-0.2, 0) is 17.6 Å². The zero-order valence-corrected chi connectivity index (χ0v) is 14.3. The summed E-state index contributed by atoms with van der Waals surface area (Å²) in [5.74, 6) is 0.699. The molecule has 0 aliphatic heterocycles. The van der Waals surface area contributed by atoms with Crippen LogP contribution in [0.3, 0.4) is 0 Å². The molecule has 2 N–H and O–H groups in total. The quantitative estimate of drug-likeness (QED) is 0.652. The van der Waals surface area contributed by atoms with Gasteiger partial charge in [-0.25, -0.2) is 0 Å². The fraction of sp³-hybridized carbons (Fsp3) is 0.250. The van der Waals surface area contributed by atoms with Crippen molar-refractivity contribution in [2.24, 2.45) is 5.92 Å². The Labute approximate surface area is 153 Å². The molecule has 0 unspecified atom stereocenters. The highest BCUT2D eigenvalue weighted by Crippen LogP contribution is 2.33. The predicted molar refractivity (Wildman–Crippen MR) is 95.4 cm³/mol. The monoisotopic (exact) mass is 374 g/mol. The van der Waals surface area contributed by atoms with Crippen molar-refractivity contribution >= 4 is 22.5 Å². The van der Waals surface area contributed by atoms with Gasteiger partial charge in [-0.2, -0.15) is 13.2 Å². The summed E-state index contributed by atoms with van der Waals surface area (Å²) in [5.41, 5.74) is 1.51. The number of amides is 1. The molecule has 1 saturated carbocycles. The Morgan fingerprint density at radius 1 is 1.15 bits per heavy atom. The second-order valence-corrected chi connectivity index (χ2v) is 6.66. The van der Waals surface area contributed by atoms with Crippen molar-refractivity contribution in [2.45, 2.75) is 25.6 Å². The molecule has 27 heavy (non-hydrogen) atoms. The van der Waals surface area contributed by atoms with Crippen molar-refractivity contribution < 1.29 is 22.7 Å². The highest BCUT2D eigenvalue weighted by atomic mass is 19.4. The normalized spacial score (nSPS) is 14.3. The Bertz CT molecular complexity index is 973. The molecule has 1 amide bonds. The summed E-state index contributed by atoms with van der Waals surface area (Å²) in [6.45, 7) is 0.151. The van der Waals surface area contributed by atoms with Crippen LogP contribution in [-0.4, -0.2) is 10.9 Å². The molecular weight excluding hydrogens is 357 g/mol. The lowest BCUT2D eigenvalue weighted by Gasteiger charge is -2.09. The molecule has 7 heteroatoms. The molecule has 2 aromatic carbocycles. The molecule has 1 fully saturated rings. The maximum atomic E-state index is 12.6. The molecule has 1 aromatic heterocycles. The smallest absolute Gasteiger partial charge is 0.416 e.